The number of benzene rings is 1. The molecule has 1 fully saturated rings. The average molecular weight is 317 g/mol. The zero-order valence-electron chi connectivity index (χ0n) is 15.0. The summed E-state index contributed by atoms with van der Waals surface area (Å²) in [4.78, 5) is 12.6. The van der Waals surface area contributed by atoms with E-state index in [1.54, 1.807) is 7.11 Å². The molecule has 3 nitrogen and oxygen atoms in total. The highest BCUT2D eigenvalue weighted by atomic mass is 16.5. The molecular weight excluding hydrogens is 286 g/mol. The first kappa shape index (κ1) is 18.0. The molecule has 1 amide bonds. The second-order valence-corrected chi connectivity index (χ2v) is 7.51. The monoisotopic (exact) mass is 317 g/mol. The second-order valence-electron chi connectivity index (χ2n) is 7.51. The lowest BCUT2D eigenvalue weighted by Gasteiger charge is -2.46. The van der Waals surface area contributed by atoms with Crippen LogP contribution in [0.2, 0.25) is 0 Å². The molecule has 0 unspecified atom stereocenters. The van der Waals surface area contributed by atoms with Gasteiger partial charge in [0, 0.05) is 7.11 Å². The number of amides is 1. The topological polar surface area (TPSA) is 52.3 Å². The highest BCUT2D eigenvalue weighted by Gasteiger charge is 2.49. The van der Waals surface area contributed by atoms with E-state index in [4.69, 9.17) is 10.5 Å². The van der Waals surface area contributed by atoms with Crippen LogP contribution in [0, 0.1) is 17.8 Å². The molecule has 128 valence electrons. The largest absolute Gasteiger partial charge is 0.384 e. The molecule has 3 atom stereocenters. The van der Waals surface area contributed by atoms with E-state index >= 15 is 0 Å². The summed E-state index contributed by atoms with van der Waals surface area (Å²) >= 11 is 0. The molecular formula is C20H31NO2. The van der Waals surface area contributed by atoms with E-state index in [2.05, 4.69) is 45.0 Å². The van der Waals surface area contributed by atoms with Gasteiger partial charge in [0.05, 0.1) is 12.0 Å². The summed E-state index contributed by atoms with van der Waals surface area (Å²) in [7, 11) is 1.72. The van der Waals surface area contributed by atoms with Crippen LogP contribution < -0.4 is 5.73 Å². The highest BCUT2D eigenvalue weighted by molar-refractivity contribution is 5.87. The zero-order chi connectivity index (χ0) is 17.0. The van der Waals surface area contributed by atoms with Gasteiger partial charge in [-0.1, -0.05) is 51.5 Å². The summed E-state index contributed by atoms with van der Waals surface area (Å²) in [6.07, 6.45) is 4.02. The summed E-state index contributed by atoms with van der Waals surface area (Å²) in [5.74, 6) is 1.14. The van der Waals surface area contributed by atoms with Gasteiger partial charge < -0.3 is 10.5 Å². The zero-order valence-corrected chi connectivity index (χ0v) is 15.0. The van der Waals surface area contributed by atoms with E-state index in [0.717, 1.165) is 24.8 Å². The Kier molecular flexibility index (Phi) is 5.85. The quantitative estimate of drug-likeness (QED) is 0.870. The number of hydrogen-bond donors (Lipinski definition) is 1. The molecule has 0 heterocycles. The van der Waals surface area contributed by atoms with Crippen molar-refractivity contribution in [3.8, 4) is 0 Å². The van der Waals surface area contributed by atoms with Crippen LogP contribution in [0.3, 0.4) is 0 Å². The third kappa shape index (κ3) is 3.60. The number of carbonyl (C=O) groups excluding carboxylic acids is 1. The second kappa shape index (κ2) is 7.48. The van der Waals surface area contributed by atoms with Crippen molar-refractivity contribution in [2.75, 3.05) is 13.7 Å². The Morgan fingerprint density at radius 2 is 1.96 bits per heavy atom. The summed E-state index contributed by atoms with van der Waals surface area (Å²) in [5, 5.41) is 0. The predicted octanol–water partition coefficient (Wildman–Crippen LogP) is 3.69. The average Bonchev–Trinajstić information content (AvgIpc) is 2.52. The molecule has 1 aromatic rings. The molecule has 1 aliphatic carbocycles. The SMILES string of the molecule is COCCc1ccc([C@@]2(C(N)=O)C[C@H](C)CC[C@H]2C(C)C)cc1. The van der Waals surface area contributed by atoms with Crippen LogP contribution in [0.4, 0.5) is 0 Å². The van der Waals surface area contributed by atoms with Crippen molar-refractivity contribution in [3.63, 3.8) is 0 Å². The standard InChI is InChI=1S/C20H31NO2/c1-14(2)18-10-5-15(3)13-20(18,19(21)22)17-8-6-16(7-9-17)11-12-23-4/h6-9,14-15,18H,5,10-13H2,1-4H3,(H2,21,22)/t15-,18+,20+/m1/s1. The Morgan fingerprint density at radius 1 is 1.30 bits per heavy atom. The molecule has 23 heavy (non-hydrogen) atoms. The van der Waals surface area contributed by atoms with Crippen LogP contribution in [0.25, 0.3) is 0 Å². The van der Waals surface area contributed by atoms with Crippen LogP contribution in [-0.2, 0) is 21.4 Å². The van der Waals surface area contributed by atoms with Gasteiger partial charge in [-0.05, 0) is 48.1 Å². The molecule has 0 aromatic heterocycles. The Labute approximate surface area is 140 Å². The van der Waals surface area contributed by atoms with E-state index in [1.165, 1.54) is 12.0 Å². The van der Waals surface area contributed by atoms with Crippen molar-refractivity contribution in [2.24, 2.45) is 23.5 Å². The molecule has 3 heteroatoms. The van der Waals surface area contributed by atoms with Crippen LogP contribution in [-0.4, -0.2) is 19.6 Å². The number of rotatable bonds is 6. The predicted molar refractivity (Wildman–Crippen MR) is 94.2 cm³/mol. The molecule has 0 spiro atoms. The number of hydrogen-bond acceptors (Lipinski definition) is 2. The summed E-state index contributed by atoms with van der Waals surface area (Å²) in [6.45, 7) is 7.38. The Hall–Kier alpha value is -1.35. The molecule has 2 N–H and O–H groups in total. The molecule has 0 aliphatic heterocycles. The van der Waals surface area contributed by atoms with Crippen molar-refractivity contribution in [3.05, 3.63) is 35.4 Å². The summed E-state index contributed by atoms with van der Waals surface area (Å²) in [5.41, 5.74) is 7.79. The van der Waals surface area contributed by atoms with Crippen molar-refractivity contribution in [2.45, 2.75) is 51.9 Å². The Morgan fingerprint density at radius 3 is 2.48 bits per heavy atom. The minimum Gasteiger partial charge on any atom is -0.384 e. The third-order valence-corrected chi connectivity index (χ3v) is 5.58. The van der Waals surface area contributed by atoms with Gasteiger partial charge in [0.25, 0.3) is 0 Å². The fourth-order valence-corrected chi connectivity index (χ4v) is 4.36. The van der Waals surface area contributed by atoms with E-state index in [1.807, 2.05) is 0 Å². The van der Waals surface area contributed by atoms with Crippen molar-refractivity contribution in [1.29, 1.82) is 0 Å². The van der Waals surface area contributed by atoms with Crippen molar-refractivity contribution >= 4 is 5.91 Å². The molecule has 0 bridgehead atoms. The van der Waals surface area contributed by atoms with Crippen LogP contribution >= 0.6 is 0 Å². The molecule has 0 radical (unpaired) electrons. The van der Waals surface area contributed by atoms with Crippen LogP contribution in [0.15, 0.2) is 24.3 Å². The highest BCUT2D eigenvalue weighted by Crippen LogP contribution is 2.49. The van der Waals surface area contributed by atoms with Gasteiger partial charge in [0.15, 0.2) is 0 Å². The minimum atomic E-state index is -0.522. The fraction of sp³-hybridized carbons (Fsp3) is 0.650. The number of carbonyl (C=O) groups is 1. The number of ether oxygens (including phenoxy) is 1. The summed E-state index contributed by atoms with van der Waals surface area (Å²) < 4.78 is 5.14. The van der Waals surface area contributed by atoms with E-state index in [-0.39, 0.29) is 5.91 Å². The number of nitrogens with two attached hydrogens (primary N) is 1. The first-order valence-electron chi connectivity index (χ1n) is 8.80. The lowest BCUT2D eigenvalue weighted by atomic mass is 9.56. The Bertz CT molecular complexity index is 523. The smallest absolute Gasteiger partial charge is 0.228 e. The van der Waals surface area contributed by atoms with E-state index < -0.39 is 5.41 Å². The fourth-order valence-electron chi connectivity index (χ4n) is 4.36. The molecule has 1 aromatic carbocycles. The van der Waals surface area contributed by atoms with Gasteiger partial charge in [-0.15, -0.1) is 0 Å². The summed E-state index contributed by atoms with van der Waals surface area (Å²) in [6, 6.07) is 8.47. The van der Waals surface area contributed by atoms with E-state index in [0.29, 0.717) is 24.4 Å². The van der Waals surface area contributed by atoms with Gasteiger partial charge >= 0.3 is 0 Å². The van der Waals surface area contributed by atoms with Gasteiger partial charge in [-0.2, -0.15) is 0 Å². The first-order valence-corrected chi connectivity index (χ1v) is 8.80. The molecule has 2 rings (SSSR count). The van der Waals surface area contributed by atoms with Crippen LogP contribution in [0.5, 0.6) is 0 Å². The maximum absolute atomic E-state index is 12.6. The number of methoxy groups -OCH3 is 1. The van der Waals surface area contributed by atoms with Gasteiger partial charge in [0.2, 0.25) is 5.91 Å². The molecule has 1 saturated carbocycles. The normalized spacial score (nSPS) is 28.0. The minimum absolute atomic E-state index is 0.160. The number of primary amides is 1. The maximum Gasteiger partial charge on any atom is 0.228 e. The lowest BCUT2D eigenvalue weighted by molar-refractivity contribution is -0.129. The van der Waals surface area contributed by atoms with Crippen LogP contribution in [0.1, 0.15) is 51.2 Å². The van der Waals surface area contributed by atoms with Crippen molar-refractivity contribution in [1.82, 2.24) is 0 Å². The molecule has 1 aliphatic rings. The third-order valence-electron chi connectivity index (χ3n) is 5.58. The molecule has 0 saturated heterocycles. The van der Waals surface area contributed by atoms with E-state index in [9.17, 15) is 4.79 Å². The lowest BCUT2D eigenvalue weighted by Crippen LogP contribution is -2.52. The van der Waals surface area contributed by atoms with Crippen molar-refractivity contribution < 1.29 is 9.53 Å². The van der Waals surface area contributed by atoms with Gasteiger partial charge in [-0.3, -0.25) is 4.79 Å². The van der Waals surface area contributed by atoms with Gasteiger partial charge in [-0.25, -0.2) is 0 Å². The Balaban J connectivity index is 2.40. The maximum atomic E-state index is 12.6. The first-order chi connectivity index (χ1) is 10.9. The van der Waals surface area contributed by atoms with Gasteiger partial charge in [0.1, 0.15) is 0 Å².